The van der Waals surface area contributed by atoms with E-state index < -0.39 is 18.6 Å². The molecule has 0 bridgehead atoms. The lowest BCUT2D eigenvalue weighted by Crippen LogP contribution is -2.39. The number of carbonyl (C=O) groups is 1. The van der Waals surface area contributed by atoms with Gasteiger partial charge in [0.25, 0.3) is 5.91 Å². The molecule has 150 valence electrons. The topological polar surface area (TPSA) is 131 Å². The van der Waals surface area contributed by atoms with Gasteiger partial charge >= 0.3 is 0 Å². The SMILES string of the molecule is O=C(Nc1cccc(-c2nnc(NC3CCC4NNCC4C3)s2)c1)C(O)CO. The molecule has 1 amide bonds. The van der Waals surface area contributed by atoms with Crippen LogP contribution in [0.15, 0.2) is 24.3 Å². The summed E-state index contributed by atoms with van der Waals surface area (Å²) in [6, 6.07) is 8.15. The van der Waals surface area contributed by atoms with Crippen LogP contribution in [0.1, 0.15) is 19.3 Å². The van der Waals surface area contributed by atoms with Gasteiger partial charge in [0.15, 0.2) is 6.10 Å². The molecule has 0 spiro atoms. The van der Waals surface area contributed by atoms with Crippen LogP contribution in [-0.2, 0) is 4.79 Å². The van der Waals surface area contributed by atoms with E-state index in [0.717, 1.165) is 41.5 Å². The van der Waals surface area contributed by atoms with Crippen LogP contribution in [0.4, 0.5) is 10.8 Å². The average Bonchev–Trinajstić information content (AvgIpc) is 3.36. The van der Waals surface area contributed by atoms with Gasteiger partial charge in [0.05, 0.1) is 6.61 Å². The fraction of sp³-hybridized carbons (Fsp3) is 0.500. The Kier molecular flexibility index (Phi) is 5.83. The first-order chi connectivity index (χ1) is 13.6. The van der Waals surface area contributed by atoms with Gasteiger partial charge in [0.2, 0.25) is 5.13 Å². The third-order valence-corrected chi connectivity index (χ3v) is 6.14. The number of carbonyl (C=O) groups excluding carboxylic acids is 1. The number of benzene rings is 1. The predicted octanol–water partition coefficient (Wildman–Crippen LogP) is 0.554. The second-order valence-corrected chi connectivity index (χ2v) is 8.20. The van der Waals surface area contributed by atoms with E-state index in [4.69, 9.17) is 5.11 Å². The molecule has 2 heterocycles. The van der Waals surface area contributed by atoms with Crippen molar-refractivity contribution in [2.24, 2.45) is 5.92 Å². The molecule has 4 rings (SSSR count). The lowest BCUT2D eigenvalue weighted by atomic mass is 9.83. The minimum absolute atomic E-state index is 0.398. The highest BCUT2D eigenvalue weighted by Gasteiger charge is 2.34. The minimum atomic E-state index is -1.44. The van der Waals surface area contributed by atoms with Gasteiger partial charge in [-0.25, -0.2) is 0 Å². The zero-order valence-electron chi connectivity index (χ0n) is 15.3. The molecular formula is C18H24N6O3S. The maximum absolute atomic E-state index is 11.7. The van der Waals surface area contributed by atoms with Crippen molar-refractivity contribution in [1.82, 2.24) is 21.0 Å². The van der Waals surface area contributed by atoms with Crippen LogP contribution < -0.4 is 21.5 Å². The zero-order chi connectivity index (χ0) is 19.5. The first-order valence-electron chi connectivity index (χ1n) is 9.41. The molecule has 1 aromatic heterocycles. The molecule has 1 saturated carbocycles. The summed E-state index contributed by atoms with van der Waals surface area (Å²) < 4.78 is 0. The molecule has 9 nitrogen and oxygen atoms in total. The van der Waals surface area contributed by atoms with Gasteiger partial charge < -0.3 is 20.8 Å². The Bertz CT molecular complexity index is 831. The number of hydrogen-bond donors (Lipinski definition) is 6. The summed E-state index contributed by atoms with van der Waals surface area (Å²) in [4.78, 5) is 11.7. The third kappa shape index (κ3) is 4.31. The van der Waals surface area contributed by atoms with Gasteiger partial charge in [-0.1, -0.05) is 23.5 Å². The Morgan fingerprint density at radius 3 is 3.11 bits per heavy atom. The van der Waals surface area contributed by atoms with Gasteiger partial charge in [0.1, 0.15) is 5.01 Å². The number of aromatic nitrogens is 2. The fourth-order valence-electron chi connectivity index (χ4n) is 3.74. The number of aliphatic hydroxyl groups is 2. The average molecular weight is 404 g/mol. The van der Waals surface area contributed by atoms with E-state index in [9.17, 15) is 9.90 Å². The van der Waals surface area contributed by atoms with Crippen LogP contribution in [0.2, 0.25) is 0 Å². The molecule has 10 heteroatoms. The van der Waals surface area contributed by atoms with Crippen molar-refractivity contribution in [3.8, 4) is 10.6 Å². The maximum atomic E-state index is 11.7. The van der Waals surface area contributed by atoms with Gasteiger partial charge in [-0.2, -0.15) is 0 Å². The van der Waals surface area contributed by atoms with Crippen LogP contribution in [0, 0.1) is 5.92 Å². The maximum Gasteiger partial charge on any atom is 0.255 e. The van der Waals surface area contributed by atoms with Crippen LogP contribution >= 0.6 is 11.3 Å². The first kappa shape index (κ1) is 19.2. The first-order valence-corrected chi connectivity index (χ1v) is 10.2. The number of hydrazine groups is 1. The molecule has 2 aliphatic rings. The number of aliphatic hydroxyl groups excluding tert-OH is 2. The van der Waals surface area contributed by atoms with Gasteiger partial charge in [0, 0.05) is 29.9 Å². The highest BCUT2D eigenvalue weighted by atomic mass is 32.1. The van der Waals surface area contributed by atoms with Crippen LogP contribution in [0.3, 0.4) is 0 Å². The molecule has 4 unspecified atom stereocenters. The van der Waals surface area contributed by atoms with E-state index in [1.165, 1.54) is 11.3 Å². The molecule has 4 atom stereocenters. The highest BCUT2D eigenvalue weighted by Crippen LogP contribution is 2.32. The number of nitrogens with one attached hydrogen (secondary N) is 4. The number of anilines is 2. The molecule has 6 N–H and O–H groups in total. The van der Waals surface area contributed by atoms with Crippen molar-refractivity contribution < 1.29 is 15.0 Å². The van der Waals surface area contributed by atoms with Gasteiger partial charge in [-0.3, -0.25) is 15.6 Å². The predicted molar refractivity (Wildman–Crippen MR) is 107 cm³/mol. The summed E-state index contributed by atoms with van der Waals surface area (Å²) in [5, 5.41) is 34.4. The quantitative estimate of drug-likeness (QED) is 0.412. The summed E-state index contributed by atoms with van der Waals surface area (Å²) in [6.07, 6.45) is 1.90. The zero-order valence-corrected chi connectivity index (χ0v) is 16.1. The molecule has 1 aliphatic heterocycles. The van der Waals surface area contributed by atoms with Crippen molar-refractivity contribution >= 4 is 28.1 Å². The summed E-state index contributed by atoms with van der Waals surface area (Å²) in [6.45, 7) is 0.388. The smallest absolute Gasteiger partial charge is 0.255 e. The minimum Gasteiger partial charge on any atom is -0.393 e. The van der Waals surface area contributed by atoms with Crippen LogP contribution in [0.5, 0.6) is 0 Å². The Morgan fingerprint density at radius 2 is 2.25 bits per heavy atom. The lowest BCUT2D eigenvalue weighted by Gasteiger charge is -2.30. The molecule has 1 saturated heterocycles. The van der Waals surface area contributed by atoms with Crippen molar-refractivity contribution in [3.63, 3.8) is 0 Å². The molecule has 1 aliphatic carbocycles. The number of rotatable bonds is 6. The summed E-state index contributed by atoms with van der Waals surface area (Å²) in [7, 11) is 0. The number of amides is 1. The van der Waals surface area contributed by atoms with Crippen molar-refractivity contribution in [1.29, 1.82) is 0 Å². The molecule has 2 aromatic rings. The van der Waals surface area contributed by atoms with E-state index in [0.29, 0.717) is 23.7 Å². The molecular weight excluding hydrogens is 380 g/mol. The van der Waals surface area contributed by atoms with Crippen LogP contribution in [-0.4, -0.2) is 57.7 Å². The Morgan fingerprint density at radius 1 is 1.36 bits per heavy atom. The summed E-state index contributed by atoms with van der Waals surface area (Å²) >= 11 is 1.48. The Hall–Kier alpha value is -2.11. The van der Waals surface area contributed by atoms with E-state index in [1.807, 2.05) is 6.07 Å². The van der Waals surface area contributed by atoms with E-state index in [2.05, 4.69) is 31.7 Å². The van der Waals surface area contributed by atoms with Crippen molar-refractivity contribution in [2.75, 3.05) is 23.8 Å². The third-order valence-electron chi connectivity index (χ3n) is 5.24. The van der Waals surface area contributed by atoms with Gasteiger partial charge in [-0.15, -0.1) is 10.2 Å². The van der Waals surface area contributed by atoms with Gasteiger partial charge in [-0.05, 0) is 37.3 Å². The highest BCUT2D eigenvalue weighted by molar-refractivity contribution is 7.18. The normalized spacial score (nSPS) is 25.1. The number of fused-ring (bicyclic) bond motifs is 1. The van der Waals surface area contributed by atoms with Crippen LogP contribution in [0.25, 0.3) is 10.6 Å². The molecule has 28 heavy (non-hydrogen) atoms. The Balaban J connectivity index is 1.40. The lowest BCUT2D eigenvalue weighted by molar-refractivity contribution is -0.125. The molecule has 0 radical (unpaired) electrons. The second kappa shape index (κ2) is 8.50. The fourth-order valence-corrected chi connectivity index (χ4v) is 4.56. The number of hydrogen-bond acceptors (Lipinski definition) is 9. The van der Waals surface area contributed by atoms with E-state index >= 15 is 0 Å². The van der Waals surface area contributed by atoms with E-state index in [-0.39, 0.29) is 0 Å². The summed E-state index contributed by atoms with van der Waals surface area (Å²) in [5.41, 5.74) is 7.93. The second-order valence-electron chi connectivity index (χ2n) is 7.23. The summed E-state index contributed by atoms with van der Waals surface area (Å²) in [5.74, 6) is -0.000953. The largest absolute Gasteiger partial charge is 0.393 e. The molecule has 2 fully saturated rings. The monoisotopic (exact) mass is 404 g/mol. The van der Waals surface area contributed by atoms with Crippen molar-refractivity contribution in [2.45, 2.75) is 37.5 Å². The standard InChI is InChI=1S/C18H24N6O3S/c25-9-15(26)16(27)20-12-3-1-2-10(6-12)17-23-24-18(28-17)21-13-4-5-14-11(7-13)8-19-22-14/h1-3,6,11,13-15,19,22,25-26H,4-5,7-9H2,(H,20,27)(H,21,24). The van der Waals surface area contributed by atoms with Crippen molar-refractivity contribution in [3.05, 3.63) is 24.3 Å². The Labute approximate surface area is 166 Å². The van der Waals surface area contributed by atoms with E-state index in [1.54, 1.807) is 18.2 Å². The number of nitrogens with zero attached hydrogens (tertiary/aromatic N) is 2. The molecule has 1 aromatic carbocycles.